The fourth-order valence-electron chi connectivity index (χ4n) is 4.24. The highest BCUT2D eigenvalue weighted by molar-refractivity contribution is 5.79. The Morgan fingerprint density at radius 1 is 1.20 bits per heavy atom. The van der Waals surface area contributed by atoms with Crippen LogP contribution in [0.2, 0.25) is 0 Å². The summed E-state index contributed by atoms with van der Waals surface area (Å²) in [6.07, 6.45) is 6.83. The van der Waals surface area contributed by atoms with Gasteiger partial charge in [-0.3, -0.25) is 4.79 Å². The average molecular weight is 346 g/mol. The molecule has 0 bridgehead atoms. The van der Waals surface area contributed by atoms with Crippen molar-refractivity contribution < 1.29 is 14.3 Å². The maximum atomic E-state index is 12.5. The first kappa shape index (κ1) is 18.1. The maximum absolute atomic E-state index is 12.5. The predicted octanol–water partition coefficient (Wildman–Crippen LogP) is 2.63. The fraction of sp³-hybridized carbons (Fsp3) is 0.650. The molecule has 1 aliphatic carbocycles. The largest absolute Gasteiger partial charge is 0.493 e. The molecule has 1 saturated carbocycles. The molecule has 0 aromatic heterocycles. The van der Waals surface area contributed by atoms with Crippen molar-refractivity contribution in [3.8, 4) is 11.5 Å². The zero-order valence-corrected chi connectivity index (χ0v) is 15.4. The van der Waals surface area contributed by atoms with Crippen molar-refractivity contribution in [3.05, 3.63) is 23.8 Å². The molecule has 1 atom stereocenters. The van der Waals surface area contributed by atoms with Gasteiger partial charge in [-0.05, 0) is 43.5 Å². The van der Waals surface area contributed by atoms with E-state index in [2.05, 4.69) is 22.8 Å². The molecule has 1 heterocycles. The van der Waals surface area contributed by atoms with E-state index >= 15 is 0 Å². The molecule has 5 heteroatoms. The smallest absolute Gasteiger partial charge is 0.224 e. The van der Waals surface area contributed by atoms with Crippen molar-refractivity contribution in [2.24, 2.45) is 5.92 Å². The van der Waals surface area contributed by atoms with Crippen molar-refractivity contribution >= 4 is 5.91 Å². The Kier molecular flexibility index (Phi) is 5.84. The second-order valence-corrected chi connectivity index (χ2v) is 7.32. The van der Waals surface area contributed by atoms with Gasteiger partial charge in [0, 0.05) is 18.5 Å². The first-order chi connectivity index (χ1) is 12.2. The first-order valence-corrected chi connectivity index (χ1v) is 9.39. The first-order valence-electron chi connectivity index (χ1n) is 9.39. The quantitative estimate of drug-likeness (QED) is 0.831. The van der Waals surface area contributed by atoms with Gasteiger partial charge in [-0.2, -0.15) is 0 Å². The van der Waals surface area contributed by atoms with Gasteiger partial charge in [0.2, 0.25) is 5.91 Å². The molecule has 1 aromatic carbocycles. The van der Waals surface area contributed by atoms with Crippen LogP contribution >= 0.6 is 0 Å². The summed E-state index contributed by atoms with van der Waals surface area (Å²) >= 11 is 0. The zero-order valence-electron chi connectivity index (χ0n) is 15.4. The number of ether oxygens (including phenoxy) is 2. The Hall–Kier alpha value is -1.75. The third-order valence-corrected chi connectivity index (χ3v) is 5.84. The number of rotatable bonds is 6. The minimum Gasteiger partial charge on any atom is -0.493 e. The van der Waals surface area contributed by atoms with Crippen molar-refractivity contribution in [2.45, 2.75) is 43.9 Å². The molecule has 5 nitrogen and oxygen atoms in total. The van der Waals surface area contributed by atoms with E-state index in [0.29, 0.717) is 6.54 Å². The Morgan fingerprint density at radius 3 is 2.60 bits per heavy atom. The molecular formula is C20H30N2O3. The maximum Gasteiger partial charge on any atom is 0.224 e. The van der Waals surface area contributed by atoms with Crippen molar-refractivity contribution in [3.63, 3.8) is 0 Å². The molecule has 1 amide bonds. The number of hydrogen-bond donors (Lipinski definition) is 2. The van der Waals surface area contributed by atoms with E-state index in [1.165, 1.54) is 24.8 Å². The molecule has 1 aliphatic heterocycles. The summed E-state index contributed by atoms with van der Waals surface area (Å²) in [6, 6.07) is 6.20. The van der Waals surface area contributed by atoms with Gasteiger partial charge in [0.25, 0.3) is 0 Å². The van der Waals surface area contributed by atoms with Crippen molar-refractivity contribution in [2.75, 3.05) is 33.9 Å². The summed E-state index contributed by atoms with van der Waals surface area (Å²) < 4.78 is 10.9. The van der Waals surface area contributed by atoms with E-state index in [9.17, 15) is 4.79 Å². The van der Waals surface area contributed by atoms with Gasteiger partial charge in [-0.25, -0.2) is 0 Å². The second kappa shape index (κ2) is 8.09. The lowest BCUT2D eigenvalue weighted by molar-refractivity contribution is -0.124. The van der Waals surface area contributed by atoms with E-state index in [1.54, 1.807) is 14.2 Å². The predicted molar refractivity (Wildman–Crippen MR) is 98.3 cm³/mol. The summed E-state index contributed by atoms with van der Waals surface area (Å²) in [5, 5.41) is 6.52. The third kappa shape index (κ3) is 3.92. The van der Waals surface area contributed by atoms with E-state index in [0.717, 1.165) is 43.9 Å². The molecule has 138 valence electrons. The highest BCUT2D eigenvalue weighted by atomic mass is 16.5. The summed E-state index contributed by atoms with van der Waals surface area (Å²) in [4.78, 5) is 12.5. The summed E-state index contributed by atoms with van der Waals surface area (Å²) in [6.45, 7) is 2.45. The average Bonchev–Trinajstić information content (AvgIpc) is 3.21. The molecule has 25 heavy (non-hydrogen) atoms. The fourth-order valence-corrected chi connectivity index (χ4v) is 4.24. The number of amides is 1. The van der Waals surface area contributed by atoms with Crippen molar-refractivity contribution in [1.82, 2.24) is 10.6 Å². The van der Waals surface area contributed by atoms with Crippen LogP contribution in [-0.4, -0.2) is 39.8 Å². The van der Waals surface area contributed by atoms with Gasteiger partial charge in [-0.15, -0.1) is 0 Å². The van der Waals surface area contributed by atoms with Crippen LogP contribution in [0.3, 0.4) is 0 Å². The van der Waals surface area contributed by atoms with Gasteiger partial charge >= 0.3 is 0 Å². The molecule has 1 aromatic rings. The molecule has 0 unspecified atom stereocenters. The van der Waals surface area contributed by atoms with Gasteiger partial charge in [-0.1, -0.05) is 25.3 Å². The minimum atomic E-state index is -0.000502. The Balaban J connectivity index is 1.79. The number of nitrogens with one attached hydrogen (secondary N) is 2. The van der Waals surface area contributed by atoms with E-state index in [4.69, 9.17) is 9.47 Å². The second-order valence-electron chi connectivity index (χ2n) is 7.32. The molecular weight excluding hydrogens is 316 g/mol. The molecule has 0 spiro atoms. The normalized spacial score (nSPS) is 22.4. The lowest BCUT2D eigenvalue weighted by Crippen LogP contribution is -2.44. The number of carbonyl (C=O) groups excluding carboxylic acids is 1. The van der Waals surface area contributed by atoms with Crippen LogP contribution in [0.25, 0.3) is 0 Å². The Labute approximate surface area is 150 Å². The van der Waals surface area contributed by atoms with Crippen LogP contribution in [-0.2, 0) is 10.2 Å². The monoisotopic (exact) mass is 346 g/mol. The molecule has 0 radical (unpaired) electrons. The van der Waals surface area contributed by atoms with Crippen LogP contribution in [0.4, 0.5) is 0 Å². The zero-order chi connectivity index (χ0) is 17.7. The lowest BCUT2D eigenvalue weighted by atomic mass is 9.69. The lowest BCUT2D eigenvalue weighted by Gasteiger charge is -2.38. The highest BCUT2D eigenvalue weighted by Gasteiger charge is 2.35. The van der Waals surface area contributed by atoms with Crippen LogP contribution < -0.4 is 20.1 Å². The van der Waals surface area contributed by atoms with Crippen molar-refractivity contribution in [1.29, 1.82) is 0 Å². The highest BCUT2D eigenvalue weighted by Crippen LogP contribution is 2.42. The topological polar surface area (TPSA) is 59.6 Å². The van der Waals surface area contributed by atoms with Crippen LogP contribution in [0.1, 0.15) is 44.1 Å². The number of methoxy groups -OCH3 is 2. The number of benzene rings is 1. The Bertz CT molecular complexity index is 591. The summed E-state index contributed by atoms with van der Waals surface area (Å²) in [5.41, 5.74) is 1.24. The van der Waals surface area contributed by atoms with Gasteiger partial charge in [0.05, 0.1) is 20.1 Å². The van der Waals surface area contributed by atoms with Gasteiger partial charge in [0.15, 0.2) is 11.5 Å². The van der Waals surface area contributed by atoms with E-state index < -0.39 is 0 Å². The Morgan fingerprint density at radius 2 is 1.96 bits per heavy atom. The molecule has 2 fully saturated rings. The van der Waals surface area contributed by atoms with Gasteiger partial charge < -0.3 is 20.1 Å². The number of carbonyl (C=O) groups is 1. The third-order valence-electron chi connectivity index (χ3n) is 5.84. The molecule has 2 aliphatic rings. The molecule has 3 rings (SSSR count). The van der Waals surface area contributed by atoms with E-state index in [1.807, 2.05) is 6.07 Å². The summed E-state index contributed by atoms with van der Waals surface area (Å²) in [7, 11) is 3.33. The van der Waals surface area contributed by atoms with Crippen LogP contribution in [0, 0.1) is 5.92 Å². The van der Waals surface area contributed by atoms with Crippen LogP contribution in [0.5, 0.6) is 11.5 Å². The summed E-state index contributed by atoms with van der Waals surface area (Å²) in [5.74, 6) is 1.82. The molecule has 2 N–H and O–H groups in total. The SMILES string of the molecule is COc1ccc(C2(CNC(=O)[C@@H]3CCNC3)CCCCC2)cc1OC. The van der Waals surface area contributed by atoms with Gasteiger partial charge in [0.1, 0.15) is 0 Å². The minimum absolute atomic E-state index is 0.000502. The molecule has 1 saturated heterocycles. The van der Waals surface area contributed by atoms with Crippen LogP contribution in [0.15, 0.2) is 18.2 Å². The number of hydrogen-bond acceptors (Lipinski definition) is 4. The standard InChI is InChI=1S/C20H30N2O3/c1-24-17-7-6-16(12-18(17)25-2)20(9-4-3-5-10-20)14-22-19(23)15-8-11-21-13-15/h6-7,12,15,21H,3-5,8-11,13-14H2,1-2H3,(H,22,23)/t15-/m1/s1. The van der Waals surface area contributed by atoms with E-state index in [-0.39, 0.29) is 17.2 Å².